The number of piperidine rings is 1. The molecule has 1 aromatic carbocycles. The van der Waals surface area contributed by atoms with Crippen LogP contribution in [-0.4, -0.2) is 28.1 Å². The highest BCUT2D eigenvalue weighted by Crippen LogP contribution is 2.22. The zero-order chi connectivity index (χ0) is 13.9. The third kappa shape index (κ3) is 3.66. The van der Waals surface area contributed by atoms with E-state index in [0.29, 0.717) is 12.5 Å². The summed E-state index contributed by atoms with van der Waals surface area (Å²) in [4.78, 5) is -0.395. The first-order valence-electron chi connectivity index (χ1n) is 6.15. The predicted octanol–water partition coefficient (Wildman–Crippen LogP) is 1.76. The van der Waals surface area contributed by atoms with Crippen molar-refractivity contribution in [2.45, 2.75) is 17.7 Å². The topological polar surface area (TPSA) is 58.2 Å². The largest absolute Gasteiger partial charge is 0.317 e. The maximum Gasteiger partial charge on any atom is 0.243 e. The quantitative estimate of drug-likeness (QED) is 0.891. The van der Waals surface area contributed by atoms with Crippen molar-refractivity contribution >= 4 is 21.6 Å². The van der Waals surface area contributed by atoms with E-state index < -0.39 is 20.7 Å². The number of hydrogen-bond acceptors (Lipinski definition) is 3. The Hall–Kier alpha value is -0.690. The molecule has 1 aliphatic heterocycles. The maximum absolute atomic E-state index is 13.7. The molecule has 0 atom stereocenters. The average molecular weight is 307 g/mol. The van der Waals surface area contributed by atoms with Crippen molar-refractivity contribution in [3.63, 3.8) is 0 Å². The van der Waals surface area contributed by atoms with Crippen LogP contribution in [0.2, 0.25) is 5.02 Å². The van der Waals surface area contributed by atoms with E-state index in [0.717, 1.165) is 25.9 Å². The van der Waals surface area contributed by atoms with E-state index >= 15 is 0 Å². The van der Waals surface area contributed by atoms with Crippen LogP contribution in [-0.2, 0) is 10.0 Å². The molecule has 7 heteroatoms. The molecule has 0 amide bonds. The lowest BCUT2D eigenvalue weighted by Crippen LogP contribution is -2.36. The van der Waals surface area contributed by atoms with Crippen LogP contribution in [0.5, 0.6) is 0 Å². The summed E-state index contributed by atoms with van der Waals surface area (Å²) >= 11 is 5.59. The summed E-state index contributed by atoms with van der Waals surface area (Å²) in [5, 5.41) is 3.02. The van der Waals surface area contributed by atoms with E-state index in [1.54, 1.807) is 0 Å². The highest BCUT2D eigenvalue weighted by atomic mass is 35.5. The minimum Gasteiger partial charge on any atom is -0.317 e. The summed E-state index contributed by atoms with van der Waals surface area (Å²) < 4.78 is 40.2. The van der Waals surface area contributed by atoms with Gasteiger partial charge in [0.15, 0.2) is 5.82 Å². The Balaban J connectivity index is 2.07. The van der Waals surface area contributed by atoms with Crippen molar-refractivity contribution in [1.29, 1.82) is 0 Å². The highest BCUT2D eigenvalue weighted by Gasteiger charge is 2.22. The molecule has 19 heavy (non-hydrogen) atoms. The van der Waals surface area contributed by atoms with Crippen LogP contribution in [0.4, 0.5) is 4.39 Å². The molecule has 2 N–H and O–H groups in total. The molecule has 1 fully saturated rings. The molecule has 4 nitrogen and oxygen atoms in total. The molecule has 0 saturated carbocycles. The van der Waals surface area contributed by atoms with Crippen molar-refractivity contribution in [1.82, 2.24) is 10.0 Å². The second-order valence-corrected chi connectivity index (χ2v) is 6.74. The van der Waals surface area contributed by atoms with Gasteiger partial charge in [0.25, 0.3) is 0 Å². The number of halogens is 2. The smallest absolute Gasteiger partial charge is 0.243 e. The molecule has 0 radical (unpaired) electrons. The van der Waals surface area contributed by atoms with Gasteiger partial charge in [-0.05, 0) is 44.0 Å². The number of sulfonamides is 1. The molecule has 1 heterocycles. The van der Waals surface area contributed by atoms with E-state index in [2.05, 4.69) is 10.0 Å². The van der Waals surface area contributed by atoms with E-state index in [9.17, 15) is 12.8 Å². The number of nitrogens with one attached hydrogen (secondary N) is 2. The monoisotopic (exact) mass is 306 g/mol. The van der Waals surface area contributed by atoms with Gasteiger partial charge in [-0.25, -0.2) is 17.5 Å². The third-order valence-electron chi connectivity index (χ3n) is 3.23. The molecule has 0 unspecified atom stereocenters. The van der Waals surface area contributed by atoms with Crippen LogP contribution in [0.25, 0.3) is 0 Å². The molecule has 1 aromatic rings. The number of benzene rings is 1. The Kier molecular flexibility index (Phi) is 4.78. The zero-order valence-electron chi connectivity index (χ0n) is 10.3. The number of rotatable bonds is 4. The summed E-state index contributed by atoms with van der Waals surface area (Å²) in [7, 11) is -3.84. The van der Waals surface area contributed by atoms with Crippen LogP contribution >= 0.6 is 11.6 Å². The lowest BCUT2D eigenvalue weighted by atomic mass is 9.99. The van der Waals surface area contributed by atoms with E-state index in [1.165, 1.54) is 18.2 Å². The van der Waals surface area contributed by atoms with Crippen LogP contribution in [0, 0.1) is 11.7 Å². The third-order valence-corrected chi connectivity index (χ3v) is 4.96. The van der Waals surface area contributed by atoms with Gasteiger partial charge in [-0.15, -0.1) is 0 Å². The summed E-state index contributed by atoms with van der Waals surface area (Å²) in [6.45, 7) is 2.10. The Morgan fingerprint density at radius 2 is 2.05 bits per heavy atom. The Morgan fingerprint density at radius 1 is 1.37 bits per heavy atom. The molecule has 2 rings (SSSR count). The van der Waals surface area contributed by atoms with Crippen molar-refractivity contribution in [2.75, 3.05) is 19.6 Å². The molecule has 0 bridgehead atoms. The molecular formula is C12H16ClFN2O2S. The van der Waals surface area contributed by atoms with E-state index in [4.69, 9.17) is 11.6 Å². The second-order valence-electron chi connectivity index (χ2n) is 4.60. The summed E-state index contributed by atoms with van der Waals surface area (Å²) in [6, 6.07) is 3.96. The highest BCUT2D eigenvalue weighted by molar-refractivity contribution is 7.89. The molecule has 1 saturated heterocycles. The fourth-order valence-electron chi connectivity index (χ4n) is 2.08. The fraction of sp³-hybridized carbons (Fsp3) is 0.500. The first kappa shape index (κ1) is 14.7. The summed E-state index contributed by atoms with van der Waals surface area (Å²) in [5.41, 5.74) is 0. The molecule has 0 aliphatic carbocycles. The minimum absolute atomic E-state index is 0.190. The molecule has 0 spiro atoms. The normalized spacial score (nSPS) is 17.6. The van der Waals surface area contributed by atoms with E-state index in [-0.39, 0.29) is 5.02 Å². The standard InChI is InChI=1S/C12H16ClFN2O2S/c13-10-2-1-3-11(12(10)14)19(17,18)16-8-9-4-6-15-7-5-9/h1-3,9,15-16H,4-8H2. The lowest BCUT2D eigenvalue weighted by molar-refractivity contribution is 0.372. The molecule has 106 valence electrons. The SMILES string of the molecule is O=S(=O)(NCC1CCNCC1)c1cccc(Cl)c1F. The van der Waals surface area contributed by atoms with Gasteiger partial charge in [0, 0.05) is 6.54 Å². The van der Waals surface area contributed by atoms with Crippen molar-refractivity contribution in [2.24, 2.45) is 5.92 Å². The molecule has 1 aliphatic rings. The van der Waals surface area contributed by atoms with Gasteiger partial charge < -0.3 is 5.32 Å². The number of hydrogen-bond donors (Lipinski definition) is 2. The van der Waals surface area contributed by atoms with E-state index in [1.807, 2.05) is 0 Å². The van der Waals surface area contributed by atoms with Gasteiger partial charge in [-0.2, -0.15) is 0 Å². The average Bonchev–Trinajstić information content (AvgIpc) is 2.41. The zero-order valence-corrected chi connectivity index (χ0v) is 11.9. The fourth-order valence-corrected chi connectivity index (χ4v) is 3.53. The van der Waals surface area contributed by atoms with Crippen LogP contribution in [0.1, 0.15) is 12.8 Å². The van der Waals surface area contributed by atoms with Gasteiger partial charge in [-0.3, -0.25) is 0 Å². The van der Waals surface area contributed by atoms with Gasteiger partial charge in [-0.1, -0.05) is 17.7 Å². The van der Waals surface area contributed by atoms with Gasteiger partial charge in [0.2, 0.25) is 10.0 Å². The Bertz CT molecular complexity index is 545. The van der Waals surface area contributed by atoms with Crippen LogP contribution in [0.3, 0.4) is 0 Å². The predicted molar refractivity (Wildman–Crippen MR) is 72.2 cm³/mol. The van der Waals surface area contributed by atoms with Crippen molar-refractivity contribution < 1.29 is 12.8 Å². The molecule has 0 aromatic heterocycles. The van der Waals surface area contributed by atoms with Crippen molar-refractivity contribution in [3.05, 3.63) is 29.0 Å². The first-order chi connectivity index (χ1) is 9.00. The van der Waals surface area contributed by atoms with Gasteiger partial charge >= 0.3 is 0 Å². The Morgan fingerprint density at radius 3 is 2.74 bits per heavy atom. The van der Waals surface area contributed by atoms with Crippen LogP contribution < -0.4 is 10.0 Å². The van der Waals surface area contributed by atoms with Crippen molar-refractivity contribution in [3.8, 4) is 0 Å². The Labute approximate surface area is 117 Å². The second kappa shape index (κ2) is 6.17. The summed E-state index contributed by atoms with van der Waals surface area (Å²) in [6.07, 6.45) is 1.83. The minimum atomic E-state index is -3.84. The molecular weight excluding hydrogens is 291 g/mol. The maximum atomic E-state index is 13.7. The van der Waals surface area contributed by atoms with Gasteiger partial charge in [0.1, 0.15) is 4.90 Å². The lowest BCUT2D eigenvalue weighted by Gasteiger charge is -2.22. The van der Waals surface area contributed by atoms with Gasteiger partial charge in [0.05, 0.1) is 5.02 Å². The van der Waals surface area contributed by atoms with Crippen LogP contribution in [0.15, 0.2) is 23.1 Å². The first-order valence-corrected chi connectivity index (χ1v) is 8.01. The summed E-state index contributed by atoms with van der Waals surface area (Å²) in [5.74, 6) is -0.611.